The van der Waals surface area contributed by atoms with E-state index < -0.39 is 11.4 Å². The number of rotatable bonds is 6. The lowest BCUT2D eigenvalue weighted by atomic mass is 9.90. The summed E-state index contributed by atoms with van der Waals surface area (Å²) in [6, 6.07) is 4.54. The van der Waals surface area contributed by atoms with Crippen molar-refractivity contribution in [3.63, 3.8) is 0 Å². The van der Waals surface area contributed by atoms with Crippen LogP contribution in [0.1, 0.15) is 36.2 Å². The van der Waals surface area contributed by atoms with Crippen LogP contribution in [-0.4, -0.2) is 22.1 Å². The summed E-state index contributed by atoms with van der Waals surface area (Å²) in [6.45, 7) is 7.56. The fourth-order valence-corrected chi connectivity index (χ4v) is 3.91. The zero-order valence-electron chi connectivity index (χ0n) is 12.6. The van der Waals surface area contributed by atoms with Gasteiger partial charge in [0.25, 0.3) is 0 Å². The summed E-state index contributed by atoms with van der Waals surface area (Å²) in [7, 11) is 0. The van der Waals surface area contributed by atoms with E-state index in [9.17, 15) is 9.90 Å². The van der Waals surface area contributed by atoms with Gasteiger partial charge in [-0.25, -0.2) is 4.98 Å². The van der Waals surface area contributed by atoms with Crippen LogP contribution in [0.15, 0.2) is 17.5 Å². The molecule has 4 nitrogen and oxygen atoms in total. The van der Waals surface area contributed by atoms with Crippen molar-refractivity contribution in [2.45, 2.75) is 45.6 Å². The van der Waals surface area contributed by atoms with Gasteiger partial charge in [0.05, 0.1) is 5.69 Å². The Morgan fingerprint density at radius 1 is 1.48 bits per heavy atom. The fourth-order valence-electron chi connectivity index (χ4n) is 1.90. The molecule has 0 radical (unpaired) electrons. The van der Waals surface area contributed by atoms with Crippen molar-refractivity contribution >= 4 is 33.8 Å². The van der Waals surface area contributed by atoms with Gasteiger partial charge in [-0.3, -0.25) is 4.79 Å². The van der Waals surface area contributed by atoms with Crippen molar-refractivity contribution in [2.75, 3.05) is 5.32 Å². The SMILES string of the molecule is Cc1ccc(CC(C)Nc2nc(C(C)(C)C(=O)O)cs2)s1. The van der Waals surface area contributed by atoms with Crippen LogP contribution in [0, 0.1) is 6.92 Å². The number of carboxylic acids is 1. The van der Waals surface area contributed by atoms with Crippen LogP contribution in [0.5, 0.6) is 0 Å². The minimum Gasteiger partial charge on any atom is -0.481 e. The highest BCUT2D eigenvalue weighted by Crippen LogP contribution is 2.28. The summed E-state index contributed by atoms with van der Waals surface area (Å²) in [5, 5.41) is 15.2. The van der Waals surface area contributed by atoms with Crippen molar-refractivity contribution in [3.8, 4) is 0 Å². The second-order valence-corrected chi connectivity index (χ2v) is 7.96. The van der Waals surface area contributed by atoms with E-state index >= 15 is 0 Å². The Labute approximate surface area is 132 Å². The van der Waals surface area contributed by atoms with E-state index in [4.69, 9.17) is 0 Å². The zero-order valence-corrected chi connectivity index (χ0v) is 14.3. The Bertz CT molecular complexity index is 631. The molecular weight excluding hydrogens is 304 g/mol. The number of anilines is 1. The number of nitrogens with zero attached hydrogens (tertiary/aromatic N) is 1. The van der Waals surface area contributed by atoms with Gasteiger partial charge in [0.2, 0.25) is 0 Å². The monoisotopic (exact) mass is 324 g/mol. The molecular formula is C15H20N2O2S2. The molecule has 0 bridgehead atoms. The average molecular weight is 324 g/mol. The Kier molecular flexibility index (Phi) is 4.68. The Morgan fingerprint density at radius 3 is 2.76 bits per heavy atom. The van der Waals surface area contributed by atoms with Gasteiger partial charge < -0.3 is 10.4 Å². The normalized spacial score (nSPS) is 13.1. The third-order valence-electron chi connectivity index (χ3n) is 3.35. The maximum atomic E-state index is 11.2. The van der Waals surface area contributed by atoms with Gasteiger partial charge in [-0.05, 0) is 39.8 Å². The van der Waals surface area contributed by atoms with Crippen molar-refractivity contribution in [1.82, 2.24) is 4.98 Å². The predicted octanol–water partition coefficient (Wildman–Crippen LogP) is 3.92. The van der Waals surface area contributed by atoms with Crippen molar-refractivity contribution in [3.05, 3.63) is 33.0 Å². The van der Waals surface area contributed by atoms with E-state index in [1.807, 2.05) is 5.38 Å². The first-order valence-electron chi connectivity index (χ1n) is 6.80. The van der Waals surface area contributed by atoms with Gasteiger partial charge in [-0.1, -0.05) is 0 Å². The number of hydrogen-bond acceptors (Lipinski definition) is 5. The van der Waals surface area contributed by atoms with Gasteiger partial charge in [0, 0.05) is 27.6 Å². The highest BCUT2D eigenvalue weighted by Gasteiger charge is 2.32. The molecule has 0 aliphatic rings. The number of aromatic nitrogens is 1. The van der Waals surface area contributed by atoms with E-state index in [0.717, 1.165) is 11.6 Å². The molecule has 21 heavy (non-hydrogen) atoms. The van der Waals surface area contributed by atoms with Crippen LogP contribution in [0.25, 0.3) is 0 Å². The van der Waals surface area contributed by atoms with Crippen molar-refractivity contribution < 1.29 is 9.90 Å². The lowest BCUT2D eigenvalue weighted by molar-refractivity contribution is -0.142. The minimum atomic E-state index is -0.954. The van der Waals surface area contributed by atoms with E-state index in [1.165, 1.54) is 21.1 Å². The van der Waals surface area contributed by atoms with E-state index in [-0.39, 0.29) is 6.04 Å². The maximum Gasteiger partial charge on any atom is 0.315 e. The first kappa shape index (κ1) is 16.0. The molecule has 0 aliphatic carbocycles. The predicted molar refractivity (Wildman–Crippen MR) is 88.6 cm³/mol. The van der Waals surface area contributed by atoms with Gasteiger partial charge in [-0.15, -0.1) is 22.7 Å². The molecule has 2 aromatic rings. The summed E-state index contributed by atoms with van der Waals surface area (Å²) >= 11 is 3.26. The molecule has 2 rings (SSSR count). The molecule has 6 heteroatoms. The highest BCUT2D eigenvalue weighted by atomic mass is 32.1. The molecule has 1 atom stereocenters. The summed E-state index contributed by atoms with van der Waals surface area (Å²) in [4.78, 5) is 18.3. The van der Waals surface area contributed by atoms with Crippen LogP contribution in [0.4, 0.5) is 5.13 Å². The number of carbonyl (C=O) groups is 1. The van der Waals surface area contributed by atoms with Gasteiger partial charge >= 0.3 is 5.97 Å². The van der Waals surface area contributed by atoms with Gasteiger partial charge in [-0.2, -0.15) is 0 Å². The molecule has 114 valence electrons. The second kappa shape index (κ2) is 6.15. The lowest BCUT2D eigenvalue weighted by Crippen LogP contribution is -2.29. The molecule has 0 fully saturated rings. The number of aliphatic carboxylic acids is 1. The summed E-state index contributed by atoms with van der Waals surface area (Å²) in [5.74, 6) is -0.860. The molecule has 2 aromatic heterocycles. The largest absolute Gasteiger partial charge is 0.481 e. The number of carboxylic acid groups (broad SMARTS) is 1. The quantitative estimate of drug-likeness (QED) is 0.845. The average Bonchev–Trinajstić information content (AvgIpc) is 2.99. The van der Waals surface area contributed by atoms with Crippen LogP contribution in [0.2, 0.25) is 0 Å². The van der Waals surface area contributed by atoms with Crippen molar-refractivity contribution in [1.29, 1.82) is 0 Å². The molecule has 2 heterocycles. The molecule has 0 spiro atoms. The summed E-state index contributed by atoms with van der Waals surface area (Å²) in [5.41, 5.74) is -0.355. The first-order chi connectivity index (χ1) is 9.79. The number of hydrogen-bond donors (Lipinski definition) is 2. The minimum absolute atomic E-state index is 0.259. The maximum absolute atomic E-state index is 11.2. The summed E-state index contributed by atoms with van der Waals surface area (Å²) in [6.07, 6.45) is 0.940. The van der Waals surface area contributed by atoms with E-state index in [0.29, 0.717) is 5.69 Å². The molecule has 0 saturated carbocycles. The molecule has 1 unspecified atom stereocenters. The number of thiophene rings is 1. The number of thiazole rings is 1. The summed E-state index contributed by atoms with van der Waals surface area (Å²) < 4.78 is 0. The third kappa shape index (κ3) is 3.83. The standard InChI is InChI=1S/C15H20N2O2S2/c1-9(7-11-6-5-10(2)21-11)16-14-17-12(8-20-14)15(3,4)13(18)19/h5-6,8-9H,7H2,1-4H3,(H,16,17)(H,18,19). The van der Waals surface area contributed by atoms with Gasteiger partial charge in [0.1, 0.15) is 5.41 Å². The Morgan fingerprint density at radius 2 is 2.19 bits per heavy atom. The molecule has 0 amide bonds. The number of aryl methyl sites for hydroxylation is 1. The van der Waals surface area contributed by atoms with Crippen LogP contribution in [-0.2, 0) is 16.6 Å². The topological polar surface area (TPSA) is 62.2 Å². The fraction of sp³-hybridized carbons (Fsp3) is 0.467. The number of nitrogens with one attached hydrogen (secondary N) is 1. The zero-order chi connectivity index (χ0) is 15.6. The van der Waals surface area contributed by atoms with Gasteiger partial charge in [0.15, 0.2) is 5.13 Å². The van der Waals surface area contributed by atoms with Crippen molar-refractivity contribution in [2.24, 2.45) is 0 Å². The molecule has 0 aromatic carbocycles. The molecule has 0 saturated heterocycles. The lowest BCUT2D eigenvalue weighted by Gasteiger charge is -2.16. The highest BCUT2D eigenvalue weighted by molar-refractivity contribution is 7.13. The Balaban J connectivity index is 2.00. The second-order valence-electron chi connectivity index (χ2n) is 5.73. The first-order valence-corrected chi connectivity index (χ1v) is 8.50. The molecule has 2 N–H and O–H groups in total. The Hall–Kier alpha value is -1.40. The van der Waals surface area contributed by atoms with Crippen LogP contribution >= 0.6 is 22.7 Å². The third-order valence-corrected chi connectivity index (χ3v) is 5.15. The van der Waals surface area contributed by atoms with E-state index in [1.54, 1.807) is 25.2 Å². The smallest absolute Gasteiger partial charge is 0.315 e. The van der Waals surface area contributed by atoms with Crippen LogP contribution in [0.3, 0.4) is 0 Å². The van der Waals surface area contributed by atoms with Crippen LogP contribution < -0.4 is 5.32 Å². The van der Waals surface area contributed by atoms with E-state index in [2.05, 4.69) is 36.3 Å². The molecule has 0 aliphatic heterocycles.